The maximum absolute atomic E-state index is 6.05. The van der Waals surface area contributed by atoms with Crippen molar-refractivity contribution in [1.82, 2.24) is 0 Å². The second-order valence-corrected chi connectivity index (χ2v) is 7.56. The molecule has 25 heavy (non-hydrogen) atoms. The summed E-state index contributed by atoms with van der Waals surface area (Å²) in [5.41, 5.74) is 0. The summed E-state index contributed by atoms with van der Waals surface area (Å²) in [6.07, 6.45) is 20.9. The molecular formula is C22H45LiO2. The molecule has 0 saturated heterocycles. The van der Waals surface area contributed by atoms with Gasteiger partial charge in [0.15, 0.2) is 0 Å². The molecule has 0 aliphatic rings. The van der Waals surface area contributed by atoms with Gasteiger partial charge in [-0.15, -0.1) is 0 Å². The second kappa shape index (κ2) is 22.6. The Morgan fingerprint density at radius 2 is 1.00 bits per heavy atom. The molecule has 0 aromatic rings. The van der Waals surface area contributed by atoms with Crippen LogP contribution in [0.5, 0.6) is 0 Å². The molecule has 3 heteroatoms. The zero-order valence-electron chi connectivity index (χ0n) is 17.8. The van der Waals surface area contributed by atoms with E-state index in [1.54, 1.807) is 0 Å². The van der Waals surface area contributed by atoms with Crippen LogP contribution >= 0.6 is 0 Å². The third-order valence-corrected chi connectivity index (χ3v) is 4.90. The van der Waals surface area contributed by atoms with Gasteiger partial charge in [-0.2, -0.15) is 0 Å². The number of hydrogen-bond acceptors (Lipinski definition) is 2. The van der Waals surface area contributed by atoms with E-state index in [1.165, 1.54) is 101 Å². The third kappa shape index (κ3) is 20.7. The molecule has 146 valence electrons. The van der Waals surface area contributed by atoms with Gasteiger partial charge in [0.1, 0.15) is 0 Å². The van der Waals surface area contributed by atoms with Gasteiger partial charge in [0, 0.05) is 0 Å². The summed E-state index contributed by atoms with van der Waals surface area (Å²) in [6.45, 7) is 6.29. The number of hydrogen-bond donors (Lipinski definition) is 0. The Morgan fingerprint density at radius 1 is 0.560 bits per heavy atom. The van der Waals surface area contributed by atoms with Crippen LogP contribution in [0.2, 0.25) is 5.09 Å². The van der Waals surface area contributed by atoms with Crippen LogP contribution in [-0.4, -0.2) is 37.2 Å². The van der Waals surface area contributed by atoms with Gasteiger partial charge in [-0.05, 0) is 0 Å². The summed E-state index contributed by atoms with van der Waals surface area (Å²) >= 11 is 2.27. The fraction of sp³-hybridized carbons (Fsp3) is 1.00. The smallest absolute Gasteiger partial charge is 0.0654 e. The molecule has 0 atom stereocenters. The Balaban J connectivity index is 3.71. The van der Waals surface area contributed by atoms with E-state index >= 15 is 0 Å². The number of unbranched alkanes of at least 4 members (excludes halogenated alkanes) is 12. The van der Waals surface area contributed by atoms with Crippen LogP contribution in [0.25, 0.3) is 0 Å². The van der Waals surface area contributed by atoms with Crippen molar-refractivity contribution >= 4 is 17.7 Å². The number of ether oxygens (including phenoxy) is 2. The van der Waals surface area contributed by atoms with Gasteiger partial charge in [-0.25, -0.2) is 0 Å². The average Bonchev–Trinajstić information content (AvgIpc) is 2.63. The molecule has 0 N–H and O–H groups in total. The molecule has 0 heterocycles. The predicted molar refractivity (Wildman–Crippen MR) is 111 cm³/mol. The molecule has 0 radical (unpaired) electrons. The van der Waals surface area contributed by atoms with Crippen molar-refractivity contribution < 1.29 is 9.47 Å². The first-order chi connectivity index (χ1) is 12.3. The maximum atomic E-state index is 6.05. The van der Waals surface area contributed by atoms with E-state index < -0.39 is 0 Å². The van der Waals surface area contributed by atoms with E-state index in [-0.39, 0.29) is 6.29 Å². The Hall–Kier alpha value is 0.517. The van der Waals surface area contributed by atoms with Crippen LogP contribution in [0.15, 0.2) is 0 Å². The summed E-state index contributed by atoms with van der Waals surface area (Å²) in [7, 11) is 0. The minimum absolute atomic E-state index is 0.0446. The summed E-state index contributed by atoms with van der Waals surface area (Å²) in [5, 5.41) is 1.29. The van der Waals surface area contributed by atoms with Crippen LogP contribution in [-0.2, 0) is 9.47 Å². The van der Waals surface area contributed by atoms with Gasteiger partial charge in [0.05, 0.1) is 0 Å². The van der Waals surface area contributed by atoms with Crippen molar-refractivity contribution in [3.8, 4) is 0 Å². The minimum Gasteiger partial charge on any atom is -0.0654 e. The molecule has 0 rings (SSSR count). The topological polar surface area (TPSA) is 18.5 Å². The Morgan fingerprint density at radius 3 is 1.48 bits per heavy atom. The molecule has 2 nitrogen and oxygen atoms in total. The Kier molecular flexibility index (Phi) is 23.0. The van der Waals surface area contributed by atoms with Gasteiger partial charge in [0.25, 0.3) is 0 Å². The summed E-state index contributed by atoms with van der Waals surface area (Å²) < 4.78 is 12.1. The van der Waals surface area contributed by atoms with E-state index in [0.717, 1.165) is 19.6 Å². The van der Waals surface area contributed by atoms with Gasteiger partial charge in [-0.1, -0.05) is 39.5 Å². The van der Waals surface area contributed by atoms with Gasteiger partial charge < -0.3 is 0 Å². The van der Waals surface area contributed by atoms with Crippen LogP contribution in [0.4, 0.5) is 0 Å². The summed E-state index contributed by atoms with van der Waals surface area (Å²) in [5.74, 6) is 0. The summed E-state index contributed by atoms with van der Waals surface area (Å²) in [6, 6.07) is 0. The Bertz CT molecular complexity index is 218. The zero-order chi connectivity index (χ0) is 18.4. The van der Waals surface area contributed by atoms with Crippen molar-refractivity contribution in [3.05, 3.63) is 0 Å². The molecule has 0 unspecified atom stereocenters. The monoisotopic (exact) mass is 348 g/mol. The molecule has 0 saturated carbocycles. The van der Waals surface area contributed by atoms with E-state index in [2.05, 4.69) is 31.6 Å². The molecule has 0 aliphatic carbocycles. The quantitative estimate of drug-likeness (QED) is 0.124. The van der Waals surface area contributed by atoms with Crippen LogP contribution in [0.1, 0.15) is 117 Å². The standard InChI is InChI=1S/C22H45O2.Li/c1-4-7-10-12-14-17-20-23-22(19-16-9-6-3)24-21-18-15-13-11-8-5-2;/h22H,3-21H2,1-2H3;. The third-order valence-electron chi connectivity index (χ3n) is 4.90. The van der Waals surface area contributed by atoms with Crippen molar-refractivity contribution in [1.29, 1.82) is 0 Å². The molecule has 0 fully saturated rings. The van der Waals surface area contributed by atoms with E-state index in [0.29, 0.717) is 0 Å². The average molecular weight is 349 g/mol. The molecular weight excluding hydrogens is 303 g/mol. The van der Waals surface area contributed by atoms with E-state index in [4.69, 9.17) is 9.47 Å². The molecule has 0 aliphatic heterocycles. The van der Waals surface area contributed by atoms with E-state index in [1.807, 2.05) is 0 Å². The fourth-order valence-electron chi connectivity index (χ4n) is 3.15. The minimum atomic E-state index is 0.0446. The van der Waals surface area contributed by atoms with Gasteiger partial charge in [0.2, 0.25) is 0 Å². The first-order valence-electron chi connectivity index (χ1n) is 11.6. The van der Waals surface area contributed by atoms with E-state index in [9.17, 15) is 0 Å². The molecule has 0 aromatic carbocycles. The normalized spacial score (nSPS) is 11.6. The molecule has 0 spiro atoms. The Labute approximate surface area is 168 Å². The van der Waals surface area contributed by atoms with Crippen molar-refractivity contribution in [3.63, 3.8) is 0 Å². The predicted octanol–water partition coefficient (Wildman–Crippen LogP) is 7.21. The fourth-order valence-corrected chi connectivity index (χ4v) is 3.15. The molecule has 0 amide bonds. The molecule has 0 aromatic heterocycles. The van der Waals surface area contributed by atoms with Gasteiger partial charge >= 0.3 is 129 Å². The molecule has 0 bridgehead atoms. The van der Waals surface area contributed by atoms with Gasteiger partial charge in [-0.3, -0.25) is 0 Å². The van der Waals surface area contributed by atoms with Crippen LogP contribution in [0.3, 0.4) is 0 Å². The first kappa shape index (κ1) is 25.5. The van der Waals surface area contributed by atoms with Crippen LogP contribution in [0, 0.1) is 0 Å². The van der Waals surface area contributed by atoms with Crippen molar-refractivity contribution in [2.75, 3.05) is 13.2 Å². The van der Waals surface area contributed by atoms with Crippen LogP contribution < -0.4 is 0 Å². The second-order valence-electron chi connectivity index (χ2n) is 7.56. The van der Waals surface area contributed by atoms with Crippen molar-refractivity contribution in [2.24, 2.45) is 0 Å². The zero-order valence-corrected chi connectivity index (χ0v) is 17.8. The SMILES string of the molecule is [Li][CH2]CCCCC(OCCCCCCCC)OCCCCCCCC. The summed E-state index contributed by atoms with van der Waals surface area (Å²) in [4.78, 5) is 0. The number of rotatable bonds is 21. The van der Waals surface area contributed by atoms with Crippen molar-refractivity contribution in [2.45, 2.75) is 128 Å². The first-order valence-corrected chi connectivity index (χ1v) is 11.6.